The van der Waals surface area contributed by atoms with Gasteiger partial charge < -0.3 is 10.1 Å². The fourth-order valence-electron chi connectivity index (χ4n) is 3.22. The van der Waals surface area contributed by atoms with E-state index in [2.05, 4.69) is 36.6 Å². The number of anilines is 2. The molecule has 0 saturated carbocycles. The normalized spacial score (nSPS) is 15.4. The number of aromatic nitrogens is 3. The van der Waals surface area contributed by atoms with E-state index in [9.17, 15) is 9.59 Å². The summed E-state index contributed by atoms with van der Waals surface area (Å²) < 4.78 is 8.28. The van der Waals surface area contributed by atoms with Crippen LogP contribution in [0, 0.1) is 6.92 Å². The van der Waals surface area contributed by atoms with Crippen LogP contribution in [-0.4, -0.2) is 33.2 Å². The Balaban J connectivity index is 1.54. The standard InChI is InChI=1S/C20H18BrN5O3/c1-12-3-2-4-14(7-12)24-19(28)10-29-17-6-5-13(21)8-15(17)16-9-18(27)25-20-22-11-23-26(16)20/h2-8,11,16H,9-10H2,1H3,(H,24,28)(H,22,23,25,27)/t16-/m0/s1. The molecule has 2 amide bonds. The minimum atomic E-state index is -0.381. The van der Waals surface area contributed by atoms with Crippen LogP contribution in [0.4, 0.5) is 11.6 Å². The Morgan fingerprint density at radius 3 is 3.03 bits per heavy atom. The van der Waals surface area contributed by atoms with Crippen molar-refractivity contribution >= 4 is 39.4 Å². The van der Waals surface area contributed by atoms with Gasteiger partial charge in [-0.2, -0.15) is 10.1 Å². The Morgan fingerprint density at radius 2 is 2.21 bits per heavy atom. The van der Waals surface area contributed by atoms with Crippen molar-refractivity contribution in [3.63, 3.8) is 0 Å². The van der Waals surface area contributed by atoms with Crippen molar-refractivity contribution in [1.29, 1.82) is 0 Å². The Hall–Kier alpha value is -3.20. The lowest BCUT2D eigenvalue weighted by atomic mass is 10.0. The number of carbonyl (C=O) groups is 2. The highest BCUT2D eigenvalue weighted by Gasteiger charge is 2.30. The molecule has 1 aliphatic heterocycles. The average Bonchev–Trinajstić information content (AvgIpc) is 3.14. The van der Waals surface area contributed by atoms with Crippen LogP contribution in [0.5, 0.6) is 5.75 Å². The molecule has 148 valence electrons. The third-order valence-corrected chi connectivity index (χ3v) is 4.98. The van der Waals surface area contributed by atoms with Gasteiger partial charge >= 0.3 is 0 Å². The highest BCUT2D eigenvalue weighted by Crippen LogP contribution is 2.36. The number of halogens is 1. The maximum absolute atomic E-state index is 12.3. The lowest BCUT2D eigenvalue weighted by molar-refractivity contribution is -0.118. The van der Waals surface area contributed by atoms with Crippen molar-refractivity contribution < 1.29 is 14.3 Å². The number of ether oxygens (including phenoxy) is 1. The fraction of sp³-hybridized carbons (Fsp3) is 0.200. The van der Waals surface area contributed by atoms with E-state index in [0.717, 1.165) is 15.6 Å². The molecule has 1 atom stereocenters. The summed E-state index contributed by atoms with van der Waals surface area (Å²) in [6.07, 6.45) is 1.58. The molecule has 0 spiro atoms. The first kappa shape index (κ1) is 19.1. The summed E-state index contributed by atoms with van der Waals surface area (Å²) in [5, 5.41) is 9.73. The van der Waals surface area contributed by atoms with Gasteiger partial charge in [0.2, 0.25) is 11.9 Å². The van der Waals surface area contributed by atoms with E-state index in [1.807, 2.05) is 43.3 Å². The van der Waals surface area contributed by atoms with Crippen molar-refractivity contribution in [2.45, 2.75) is 19.4 Å². The largest absolute Gasteiger partial charge is 0.483 e. The lowest BCUT2D eigenvalue weighted by Crippen LogP contribution is -2.30. The molecule has 8 nitrogen and oxygen atoms in total. The van der Waals surface area contributed by atoms with Crippen molar-refractivity contribution in [2.75, 3.05) is 17.2 Å². The average molecular weight is 456 g/mol. The van der Waals surface area contributed by atoms with Crippen LogP contribution in [0.2, 0.25) is 0 Å². The Kier molecular flexibility index (Phi) is 5.30. The molecule has 1 aromatic heterocycles. The summed E-state index contributed by atoms with van der Waals surface area (Å²) in [4.78, 5) is 28.5. The van der Waals surface area contributed by atoms with Crippen molar-refractivity contribution in [2.24, 2.45) is 0 Å². The number of hydrogen-bond acceptors (Lipinski definition) is 5. The minimum Gasteiger partial charge on any atom is -0.483 e. The van der Waals surface area contributed by atoms with E-state index >= 15 is 0 Å². The summed E-state index contributed by atoms with van der Waals surface area (Å²) in [5.74, 6) is 0.467. The van der Waals surface area contributed by atoms with Crippen LogP contribution in [0.15, 0.2) is 53.3 Å². The smallest absolute Gasteiger partial charge is 0.262 e. The van der Waals surface area contributed by atoms with Gasteiger partial charge in [0.25, 0.3) is 5.91 Å². The topological polar surface area (TPSA) is 98.1 Å². The first-order valence-electron chi connectivity index (χ1n) is 8.98. The van der Waals surface area contributed by atoms with E-state index in [1.165, 1.54) is 6.33 Å². The van der Waals surface area contributed by atoms with Crippen LogP contribution in [-0.2, 0) is 9.59 Å². The number of fused-ring (bicyclic) bond motifs is 1. The maximum Gasteiger partial charge on any atom is 0.262 e. The van der Waals surface area contributed by atoms with Gasteiger partial charge in [0.1, 0.15) is 12.1 Å². The highest BCUT2D eigenvalue weighted by atomic mass is 79.9. The third-order valence-electron chi connectivity index (χ3n) is 4.49. The number of rotatable bonds is 5. The Labute approximate surface area is 175 Å². The van der Waals surface area contributed by atoms with E-state index in [4.69, 9.17) is 4.74 Å². The summed E-state index contributed by atoms with van der Waals surface area (Å²) in [7, 11) is 0. The molecular weight excluding hydrogens is 438 g/mol. The van der Waals surface area contributed by atoms with Crippen molar-refractivity contribution in [1.82, 2.24) is 14.8 Å². The molecule has 1 aliphatic rings. The van der Waals surface area contributed by atoms with Gasteiger partial charge in [-0.3, -0.25) is 14.9 Å². The van der Waals surface area contributed by atoms with Gasteiger partial charge in [0.15, 0.2) is 6.61 Å². The molecule has 3 aromatic rings. The molecule has 2 heterocycles. The molecule has 0 saturated heterocycles. The first-order valence-corrected chi connectivity index (χ1v) is 9.77. The number of benzene rings is 2. The van der Waals surface area contributed by atoms with Crippen molar-refractivity contribution in [3.05, 3.63) is 64.4 Å². The van der Waals surface area contributed by atoms with E-state index in [1.54, 1.807) is 10.7 Å². The zero-order valence-electron chi connectivity index (χ0n) is 15.6. The van der Waals surface area contributed by atoms with Crippen LogP contribution in [0.1, 0.15) is 23.6 Å². The summed E-state index contributed by atoms with van der Waals surface area (Å²) in [6.45, 7) is 1.80. The molecule has 4 rings (SSSR count). The summed E-state index contributed by atoms with van der Waals surface area (Å²) in [6, 6.07) is 12.6. The van der Waals surface area contributed by atoms with Gasteiger partial charge in [-0.25, -0.2) is 4.68 Å². The number of aryl methyl sites for hydroxylation is 1. The van der Waals surface area contributed by atoms with Crippen LogP contribution >= 0.6 is 15.9 Å². The molecular formula is C20H18BrN5O3. The van der Waals surface area contributed by atoms with Crippen molar-refractivity contribution in [3.8, 4) is 5.75 Å². The Bertz CT molecular complexity index is 1080. The molecule has 0 bridgehead atoms. The number of hydrogen-bond donors (Lipinski definition) is 2. The van der Waals surface area contributed by atoms with Crippen LogP contribution in [0.25, 0.3) is 0 Å². The zero-order valence-corrected chi connectivity index (χ0v) is 17.1. The van der Waals surface area contributed by atoms with Gasteiger partial charge in [-0.15, -0.1) is 0 Å². The predicted octanol–water partition coefficient (Wildman–Crippen LogP) is 3.30. The number of carbonyl (C=O) groups excluding carboxylic acids is 2. The zero-order chi connectivity index (χ0) is 20.4. The third kappa shape index (κ3) is 4.29. The molecule has 2 N–H and O–H groups in total. The second kappa shape index (κ2) is 8.04. The number of nitrogens with one attached hydrogen (secondary N) is 2. The van der Waals surface area contributed by atoms with Gasteiger partial charge in [0.05, 0.1) is 12.5 Å². The van der Waals surface area contributed by atoms with Crippen LogP contribution in [0.3, 0.4) is 0 Å². The SMILES string of the molecule is Cc1cccc(NC(=O)COc2ccc(Br)cc2[C@@H]2CC(=O)Nc3ncnn32)c1. The quantitative estimate of drug-likeness (QED) is 0.614. The number of amides is 2. The van der Waals surface area contributed by atoms with E-state index in [-0.39, 0.29) is 30.9 Å². The second-order valence-corrected chi connectivity index (χ2v) is 7.60. The van der Waals surface area contributed by atoms with E-state index in [0.29, 0.717) is 17.4 Å². The minimum absolute atomic E-state index is 0.154. The van der Waals surface area contributed by atoms with Gasteiger partial charge in [0, 0.05) is 15.7 Å². The van der Waals surface area contributed by atoms with Crippen LogP contribution < -0.4 is 15.4 Å². The fourth-order valence-corrected chi connectivity index (χ4v) is 3.60. The predicted molar refractivity (Wildman–Crippen MR) is 111 cm³/mol. The molecule has 0 radical (unpaired) electrons. The number of nitrogens with zero attached hydrogens (tertiary/aromatic N) is 3. The maximum atomic E-state index is 12.3. The van der Waals surface area contributed by atoms with Gasteiger partial charge in [-0.05, 0) is 42.8 Å². The molecule has 0 unspecified atom stereocenters. The summed E-state index contributed by atoms with van der Waals surface area (Å²) in [5.41, 5.74) is 2.51. The molecule has 0 fully saturated rings. The lowest BCUT2D eigenvalue weighted by Gasteiger charge is -2.25. The Morgan fingerprint density at radius 1 is 1.34 bits per heavy atom. The highest BCUT2D eigenvalue weighted by molar-refractivity contribution is 9.10. The molecule has 29 heavy (non-hydrogen) atoms. The molecule has 0 aliphatic carbocycles. The monoisotopic (exact) mass is 455 g/mol. The molecule has 2 aromatic carbocycles. The summed E-state index contributed by atoms with van der Waals surface area (Å²) >= 11 is 3.46. The first-order chi connectivity index (χ1) is 14.0. The van der Waals surface area contributed by atoms with E-state index < -0.39 is 0 Å². The molecule has 9 heteroatoms. The second-order valence-electron chi connectivity index (χ2n) is 6.68. The van der Waals surface area contributed by atoms with Gasteiger partial charge in [-0.1, -0.05) is 28.1 Å².